The highest BCUT2D eigenvalue weighted by atomic mass is 16.3. The van der Waals surface area contributed by atoms with E-state index in [1.165, 1.54) is 24.1 Å². The lowest BCUT2D eigenvalue weighted by Gasteiger charge is -2.53. The highest BCUT2D eigenvalue weighted by Crippen LogP contribution is 2.41. The van der Waals surface area contributed by atoms with E-state index in [9.17, 15) is 5.11 Å². The number of aromatic amines is 1. The van der Waals surface area contributed by atoms with Crippen LogP contribution >= 0.6 is 0 Å². The van der Waals surface area contributed by atoms with Gasteiger partial charge < -0.3 is 10.0 Å². The third-order valence-electron chi connectivity index (χ3n) is 5.76. The van der Waals surface area contributed by atoms with Crippen LogP contribution in [0.15, 0.2) is 0 Å². The van der Waals surface area contributed by atoms with Crippen LogP contribution in [0.1, 0.15) is 36.2 Å². The molecule has 2 fully saturated rings. The number of hydrogen-bond donors (Lipinski definition) is 2. The Labute approximate surface area is 127 Å². The second-order valence-corrected chi connectivity index (χ2v) is 7.02. The van der Waals surface area contributed by atoms with Gasteiger partial charge >= 0.3 is 0 Å². The number of H-pyrrole nitrogens is 1. The second-order valence-electron chi connectivity index (χ2n) is 7.02. The first-order valence-corrected chi connectivity index (χ1v) is 8.09. The molecule has 0 aliphatic carbocycles. The summed E-state index contributed by atoms with van der Waals surface area (Å²) in [5.74, 6) is 0. The predicted molar refractivity (Wildman–Crippen MR) is 83.1 cm³/mol. The smallest absolute Gasteiger partial charge is 0.0639 e. The van der Waals surface area contributed by atoms with Gasteiger partial charge in [0.25, 0.3) is 0 Å². The van der Waals surface area contributed by atoms with E-state index in [4.69, 9.17) is 0 Å². The normalized spacial score (nSPS) is 31.3. The van der Waals surface area contributed by atoms with Crippen LogP contribution in [0.2, 0.25) is 0 Å². The number of rotatable bonds is 3. The quantitative estimate of drug-likeness (QED) is 0.882. The van der Waals surface area contributed by atoms with Crippen molar-refractivity contribution in [3.8, 4) is 0 Å². The summed E-state index contributed by atoms with van der Waals surface area (Å²) in [5, 5.41) is 17.4. The minimum absolute atomic E-state index is 0.129. The van der Waals surface area contributed by atoms with E-state index in [-0.39, 0.29) is 5.41 Å². The summed E-state index contributed by atoms with van der Waals surface area (Å²) < 4.78 is 0. The molecule has 0 aromatic carbocycles. The van der Waals surface area contributed by atoms with Crippen molar-refractivity contribution in [2.45, 2.75) is 45.7 Å². The average molecular weight is 292 g/mol. The highest BCUT2D eigenvalue weighted by molar-refractivity contribution is 5.23. The van der Waals surface area contributed by atoms with Crippen molar-refractivity contribution in [1.82, 2.24) is 20.0 Å². The molecule has 21 heavy (non-hydrogen) atoms. The third kappa shape index (κ3) is 2.62. The van der Waals surface area contributed by atoms with Crippen molar-refractivity contribution < 1.29 is 5.11 Å². The zero-order valence-corrected chi connectivity index (χ0v) is 13.5. The Kier molecular flexibility index (Phi) is 4.08. The van der Waals surface area contributed by atoms with E-state index in [1.54, 1.807) is 0 Å². The fraction of sp³-hybridized carbons (Fsp3) is 0.812. The second kappa shape index (κ2) is 5.71. The predicted octanol–water partition coefficient (Wildman–Crippen LogP) is 1.31. The summed E-state index contributed by atoms with van der Waals surface area (Å²) in [7, 11) is 2.21. The third-order valence-corrected chi connectivity index (χ3v) is 5.76. The molecule has 2 saturated heterocycles. The zero-order valence-electron chi connectivity index (χ0n) is 13.5. The van der Waals surface area contributed by atoms with E-state index in [1.807, 2.05) is 0 Å². The molecule has 0 radical (unpaired) electrons. The fourth-order valence-electron chi connectivity index (χ4n) is 4.25. The Hall–Kier alpha value is -0.910. The number of likely N-dealkylation sites (tertiary alicyclic amines) is 2. The number of aryl methyl sites for hydroxylation is 2. The first-order chi connectivity index (χ1) is 10.1. The largest absolute Gasteiger partial charge is 0.396 e. The van der Waals surface area contributed by atoms with Crippen molar-refractivity contribution in [3.63, 3.8) is 0 Å². The minimum atomic E-state index is 0.129. The molecule has 118 valence electrons. The van der Waals surface area contributed by atoms with E-state index < -0.39 is 0 Å². The van der Waals surface area contributed by atoms with Crippen LogP contribution < -0.4 is 0 Å². The molecule has 0 spiro atoms. The van der Waals surface area contributed by atoms with Gasteiger partial charge in [0, 0.05) is 35.8 Å². The van der Waals surface area contributed by atoms with Crippen LogP contribution in [0, 0.1) is 19.3 Å². The lowest BCUT2D eigenvalue weighted by atomic mass is 9.69. The molecule has 1 aromatic heterocycles. The van der Waals surface area contributed by atoms with Crippen molar-refractivity contribution in [1.29, 1.82) is 0 Å². The maximum atomic E-state index is 9.97. The van der Waals surface area contributed by atoms with E-state index in [0.29, 0.717) is 12.6 Å². The lowest BCUT2D eigenvalue weighted by Crippen LogP contribution is -2.61. The van der Waals surface area contributed by atoms with Crippen LogP contribution in [0.5, 0.6) is 0 Å². The van der Waals surface area contributed by atoms with Crippen LogP contribution in [0.3, 0.4) is 0 Å². The number of aromatic nitrogens is 2. The van der Waals surface area contributed by atoms with Gasteiger partial charge in [0.1, 0.15) is 0 Å². The average Bonchev–Trinajstić information content (AvgIpc) is 2.80. The van der Waals surface area contributed by atoms with Gasteiger partial charge in [0.05, 0.1) is 12.3 Å². The summed E-state index contributed by atoms with van der Waals surface area (Å²) >= 11 is 0. The van der Waals surface area contributed by atoms with Crippen LogP contribution in [0.25, 0.3) is 0 Å². The number of hydrogen-bond acceptors (Lipinski definition) is 4. The highest BCUT2D eigenvalue weighted by Gasteiger charge is 2.46. The van der Waals surface area contributed by atoms with Crippen molar-refractivity contribution in [2.24, 2.45) is 5.41 Å². The van der Waals surface area contributed by atoms with Gasteiger partial charge in [-0.25, -0.2) is 0 Å². The van der Waals surface area contributed by atoms with Crippen molar-refractivity contribution >= 4 is 0 Å². The van der Waals surface area contributed by atoms with Gasteiger partial charge in [-0.15, -0.1) is 0 Å². The lowest BCUT2D eigenvalue weighted by molar-refractivity contribution is -0.0685. The molecule has 1 aromatic rings. The van der Waals surface area contributed by atoms with Crippen molar-refractivity contribution in [2.75, 3.05) is 33.3 Å². The number of nitrogens with zero attached hydrogens (tertiary/aromatic N) is 3. The van der Waals surface area contributed by atoms with Gasteiger partial charge in [-0.2, -0.15) is 5.10 Å². The molecule has 3 heterocycles. The number of likely N-dealkylation sites (N-methyl/N-ethyl adjacent to an activating group) is 1. The molecule has 0 saturated carbocycles. The topological polar surface area (TPSA) is 55.4 Å². The molecule has 0 bridgehead atoms. The Morgan fingerprint density at radius 2 is 2.14 bits per heavy atom. The molecule has 3 rings (SSSR count). The van der Waals surface area contributed by atoms with E-state index >= 15 is 0 Å². The maximum absolute atomic E-state index is 9.97. The van der Waals surface area contributed by atoms with Gasteiger partial charge in [-0.05, 0) is 53.2 Å². The number of aliphatic hydroxyl groups excluding tert-OH is 1. The number of piperidine rings is 2. The Morgan fingerprint density at radius 1 is 1.33 bits per heavy atom. The monoisotopic (exact) mass is 292 g/mol. The summed E-state index contributed by atoms with van der Waals surface area (Å²) in [6, 6.07) is 0.484. The Morgan fingerprint density at radius 3 is 2.81 bits per heavy atom. The van der Waals surface area contributed by atoms with Crippen LogP contribution in [-0.4, -0.2) is 64.4 Å². The summed E-state index contributed by atoms with van der Waals surface area (Å²) in [6.45, 7) is 8.78. The number of aliphatic hydroxyl groups is 1. The maximum Gasteiger partial charge on any atom is 0.0639 e. The molecule has 0 unspecified atom stereocenters. The van der Waals surface area contributed by atoms with Gasteiger partial charge in [-0.3, -0.25) is 10.00 Å². The molecule has 2 aliphatic heterocycles. The molecule has 2 N–H and O–H groups in total. The van der Waals surface area contributed by atoms with Crippen LogP contribution in [0.4, 0.5) is 0 Å². The number of fused-ring (bicyclic) bond motifs is 1. The van der Waals surface area contributed by atoms with Crippen LogP contribution in [-0.2, 0) is 6.54 Å². The van der Waals surface area contributed by atoms with Gasteiger partial charge in [0.2, 0.25) is 0 Å². The molecule has 2 atom stereocenters. The zero-order chi connectivity index (χ0) is 15.0. The summed E-state index contributed by atoms with van der Waals surface area (Å²) in [4.78, 5) is 4.99. The molecule has 0 amide bonds. The molecule has 5 nitrogen and oxygen atoms in total. The fourth-order valence-corrected chi connectivity index (χ4v) is 4.25. The first kappa shape index (κ1) is 15.0. The standard InChI is InChI=1S/C16H28N4O/c1-12-14(13(2)18-17-12)9-20-8-6-16(11-21)5-4-7-19(3)15(16)10-20/h15,21H,4-11H2,1-3H3,(H,17,18)/t15-,16-/m1/s1. The number of nitrogens with one attached hydrogen (secondary N) is 1. The molecule has 5 heteroatoms. The van der Waals surface area contributed by atoms with E-state index in [0.717, 1.165) is 38.3 Å². The first-order valence-electron chi connectivity index (χ1n) is 8.09. The van der Waals surface area contributed by atoms with Crippen molar-refractivity contribution in [3.05, 3.63) is 17.0 Å². The van der Waals surface area contributed by atoms with E-state index in [2.05, 4.69) is 40.9 Å². The Bertz CT molecular complexity index is 481. The summed E-state index contributed by atoms with van der Waals surface area (Å²) in [5.41, 5.74) is 3.77. The van der Waals surface area contributed by atoms with Gasteiger partial charge in [0.15, 0.2) is 0 Å². The molecule has 2 aliphatic rings. The molecular formula is C16H28N4O. The van der Waals surface area contributed by atoms with Gasteiger partial charge in [-0.1, -0.05) is 0 Å². The SMILES string of the molecule is Cc1n[nH]c(C)c1CN1CC[C@@]2(CO)CCCN(C)[C@@H]2C1. The molecular weight excluding hydrogens is 264 g/mol. The minimum Gasteiger partial charge on any atom is -0.396 e. The Balaban J connectivity index is 1.74. The summed E-state index contributed by atoms with van der Waals surface area (Å²) in [6.07, 6.45) is 3.50.